The summed E-state index contributed by atoms with van der Waals surface area (Å²) in [6.07, 6.45) is 0.0922. The van der Waals surface area contributed by atoms with Gasteiger partial charge in [-0.25, -0.2) is 0 Å². The third-order valence-electron chi connectivity index (χ3n) is 12.8. The van der Waals surface area contributed by atoms with Crippen LogP contribution >= 0.6 is 46.4 Å². The lowest BCUT2D eigenvalue weighted by Crippen LogP contribution is -2.54. The first-order valence-electron chi connectivity index (χ1n) is 24.6. The highest BCUT2D eigenvalue weighted by Crippen LogP contribution is 2.37. The first kappa shape index (κ1) is 62.3. The van der Waals surface area contributed by atoms with Gasteiger partial charge in [0.05, 0.1) is 22.9 Å². The number of rotatable bonds is 27. The van der Waals surface area contributed by atoms with Gasteiger partial charge in [0.25, 0.3) is 11.8 Å². The van der Waals surface area contributed by atoms with E-state index in [2.05, 4.69) is 34.4 Å². The Morgan fingerprint density at radius 2 is 1.00 bits per heavy atom. The maximum absolute atomic E-state index is 13.8. The number of amides is 7. The van der Waals surface area contributed by atoms with Crippen molar-refractivity contribution < 1.29 is 72.4 Å². The summed E-state index contributed by atoms with van der Waals surface area (Å²) >= 11 is 25.3. The van der Waals surface area contributed by atoms with Gasteiger partial charge in [-0.05, 0) is 97.2 Å². The minimum absolute atomic E-state index is 0.00490. The van der Waals surface area contributed by atoms with Crippen LogP contribution in [0.5, 0.6) is 11.5 Å². The number of hydrogen-bond acceptors (Lipinski definition) is 13. The second-order valence-electron chi connectivity index (χ2n) is 18.3. The largest absolute Gasteiger partial charge is 0.482 e. The Kier molecular flexibility index (Phi) is 22.4. The van der Waals surface area contributed by atoms with Gasteiger partial charge < -0.3 is 56.5 Å². The molecule has 2 fully saturated rings. The van der Waals surface area contributed by atoms with Crippen LogP contribution in [-0.4, -0.2) is 135 Å². The van der Waals surface area contributed by atoms with Gasteiger partial charge in [0, 0.05) is 42.9 Å². The molecule has 5 rings (SSSR count). The van der Waals surface area contributed by atoms with E-state index in [4.69, 9.17) is 61.6 Å². The second-order valence-corrected chi connectivity index (χ2v) is 19.8. The lowest BCUT2D eigenvalue weighted by atomic mass is 10.0. The summed E-state index contributed by atoms with van der Waals surface area (Å²) in [4.78, 5) is 145. The molecule has 0 radical (unpaired) electrons. The summed E-state index contributed by atoms with van der Waals surface area (Å²) in [7, 11) is 0. The van der Waals surface area contributed by atoms with Crippen LogP contribution in [0.15, 0.2) is 66.8 Å². The SMILES string of the molecule is C=C(CC)C(=O)c1ccc(OCC(=O)N[C@@H](CC(=O)O)C(=O)N2CCC[C@H]2C(=O)NCc2cc(CNC(=O)[C@@H]3CCCN3C(=O)[C@H](CC(=O)O)NC(=O)COc3ccc(C(=O)C(=C)CC)c(Cl)c3Cl)cc(C(N)=O)c2)c(Cl)c1Cl. The maximum atomic E-state index is 13.8. The minimum Gasteiger partial charge on any atom is -0.482 e. The summed E-state index contributed by atoms with van der Waals surface area (Å²) in [5, 5.41) is 28.8. The topological polar surface area (TPSA) is 327 Å². The van der Waals surface area contributed by atoms with Crippen molar-refractivity contribution in [2.24, 2.45) is 5.73 Å². The van der Waals surface area contributed by atoms with Crippen molar-refractivity contribution in [2.45, 2.75) is 102 Å². The third-order valence-corrected chi connectivity index (χ3v) is 14.5. The smallest absolute Gasteiger partial charge is 0.305 e. The number of aliphatic carboxylic acids is 2. The van der Waals surface area contributed by atoms with E-state index in [1.807, 2.05) is 0 Å². The minimum atomic E-state index is -1.62. The Hall–Kier alpha value is -7.53. The van der Waals surface area contributed by atoms with E-state index in [1.54, 1.807) is 19.9 Å². The quantitative estimate of drug-likeness (QED) is 0.0391. The van der Waals surface area contributed by atoms with E-state index in [9.17, 15) is 63.0 Å². The first-order valence-corrected chi connectivity index (χ1v) is 26.2. The Bertz CT molecular complexity index is 2800. The lowest BCUT2D eigenvalue weighted by Gasteiger charge is -2.28. The number of nitrogens with zero attached hydrogens (tertiary/aromatic N) is 2. The molecule has 0 bridgehead atoms. The molecule has 2 saturated heterocycles. The van der Waals surface area contributed by atoms with E-state index >= 15 is 0 Å². The second kappa shape index (κ2) is 28.4. The van der Waals surface area contributed by atoms with Crippen LogP contribution in [-0.2, 0) is 51.4 Å². The average Bonchev–Trinajstić information content (AvgIpc) is 4.14. The van der Waals surface area contributed by atoms with Crippen LogP contribution in [0.1, 0.15) is 107 Å². The normalized spacial score (nSPS) is 15.5. The summed E-state index contributed by atoms with van der Waals surface area (Å²) in [5.41, 5.74) is 7.04. The Morgan fingerprint density at radius 1 is 0.620 bits per heavy atom. The fourth-order valence-corrected chi connectivity index (χ4v) is 9.50. The zero-order valence-electron chi connectivity index (χ0n) is 42.8. The summed E-state index contributed by atoms with van der Waals surface area (Å²) < 4.78 is 11.0. The number of benzene rings is 3. The summed E-state index contributed by atoms with van der Waals surface area (Å²) in [6.45, 7) is 9.07. The number of primary amides is 1. The molecule has 79 heavy (non-hydrogen) atoms. The Balaban J connectivity index is 1.18. The fraction of sp³-hybridized carbons (Fsp3) is 0.377. The van der Waals surface area contributed by atoms with Crippen molar-refractivity contribution in [3.63, 3.8) is 0 Å². The lowest BCUT2D eigenvalue weighted by molar-refractivity contribution is -0.146. The number of carboxylic acid groups (broad SMARTS) is 2. The van der Waals surface area contributed by atoms with Gasteiger partial charge in [0.1, 0.15) is 45.7 Å². The van der Waals surface area contributed by atoms with Crippen LogP contribution in [0.4, 0.5) is 0 Å². The van der Waals surface area contributed by atoms with Crippen LogP contribution in [0.3, 0.4) is 0 Å². The molecule has 0 unspecified atom stereocenters. The van der Waals surface area contributed by atoms with Gasteiger partial charge in [-0.15, -0.1) is 0 Å². The van der Waals surface area contributed by atoms with E-state index in [0.717, 1.165) is 9.80 Å². The molecule has 3 aromatic rings. The van der Waals surface area contributed by atoms with Gasteiger partial charge >= 0.3 is 11.9 Å². The predicted octanol–water partition coefficient (Wildman–Crippen LogP) is 4.99. The van der Waals surface area contributed by atoms with Crippen molar-refractivity contribution in [3.8, 4) is 11.5 Å². The Labute approximate surface area is 473 Å². The number of nitrogens with two attached hydrogens (primary N) is 1. The van der Waals surface area contributed by atoms with E-state index in [-0.39, 0.29) is 98.4 Å². The number of carbonyl (C=O) groups is 11. The third kappa shape index (κ3) is 16.3. The molecule has 3 aromatic carbocycles. The van der Waals surface area contributed by atoms with E-state index in [0.29, 0.717) is 36.8 Å². The molecule has 7 amide bonds. The number of Topliss-reactive ketones (excluding diaryl/α,β-unsaturated/α-hetero) is 2. The number of nitrogens with one attached hydrogen (secondary N) is 4. The van der Waals surface area contributed by atoms with Crippen molar-refractivity contribution in [1.82, 2.24) is 31.1 Å². The molecule has 22 nitrogen and oxygen atoms in total. The van der Waals surface area contributed by atoms with Gasteiger partial charge in [-0.1, -0.05) is 79.5 Å². The highest BCUT2D eigenvalue weighted by Gasteiger charge is 2.40. The van der Waals surface area contributed by atoms with Crippen LogP contribution in [0.2, 0.25) is 20.1 Å². The highest BCUT2D eigenvalue weighted by molar-refractivity contribution is 6.46. The Morgan fingerprint density at radius 3 is 1.34 bits per heavy atom. The molecule has 2 aliphatic rings. The zero-order chi connectivity index (χ0) is 58.4. The summed E-state index contributed by atoms with van der Waals surface area (Å²) in [6, 6.07) is 4.24. The maximum Gasteiger partial charge on any atom is 0.305 e. The monoisotopic (exact) mass is 1170 g/mol. The number of hydrogen-bond donors (Lipinski definition) is 7. The van der Waals surface area contributed by atoms with Crippen LogP contribution in [0.25, 0.3) is 0 Å². The van der Waals surface area contributed by atoms with Gasteiger partial charge in [0.2, 0.25) is 29.5 Å². The number of carbonyl (C=O) groups excluding carboxylic acids is 9. The van der Waals surface area contributed by atoms with Gasteiger partial charge in [0.15, 0.2) is 24.8 Å². The number of likely N-dealkylation sites (tertiary alicyclic amines) is 2. The molecule has 0 spiro atoms. The van der Waals surface area contributed by atoms with Crippen molar-refractivity contribution in [3.05, 3.63) is 115 Å². The molecule has 2 heterocycles. The molecule has 2 aliphatic heterocycles. The van der Waals surface area contributed by atoms with Crippen molar-refractivity contribution >= 4 is 111 Å². The molecule has 8 N–H and O–H groups in total. The molecular weight excluding hydrogens is 1120 g/mol. The van der Waals surface area contributed by atoms with Crippen molar-refractivity contribution in [2.75, 3.05) is 26.3 Å². The number of halogens is 4. The molecule has 0 saturated carbocycles. The molecule has 26 heteroatoms. The molecule has 4 atom stereocenters. The van der Waals surface area contributed by atoms with Crippen molar-refractivity contribution in [1.29, 1.82) is 0 Å². The molecule has 0 aliphatic carbocycles. The number of allylic oxidation sites excluding steroid dienone is 2. The number of carboxylic acids is 2. The highest BCUT2D eigenvalue weighted by atomic mass is 35.5. The molecular formula is C53H57Cl4N7O15. The number of ketones is 2. The van der Waals surface area contributed by atoms with Crippen LogP contribution < -0.4 is 36.5 Å². The van der Waals surface area contributed by atoms with Crippen LogP contribution in [0, 0.1) is 0 Å². The predicted molar refractivity (Wildman–Crippen MR) is 288 cm³/mol. The van der Waals surface area contributed by atoms with E-state index in [1.165, 1.54) is 36.4 Å². The molecule has 422 valence electrons. The summed E-state index contributed by atoms with van der Waals surface area (Å²) in [5.74, 6) is -9.56. The van der Waals surface area contributed by atoms with Gasteiger partial charge in [-0.3, -0.25) is 52.7 Å². The van der Waals surface area contributed by atoms with E-state index < -0.39 is 115 Å². The first-order chi connectivity index (χ1) is 37.4. The fourth-order valence-electron chi connectivity index (χ4n) is 8.58. The standard InChI is InChI=1S/C53H57Cl4N7O15/c1-5-26(3)47(71)31-11-13-37(45(56)43(31)54)78-24-39(65)61-33(20-41(67)68)52(76)63-15-7-9-35(63)50(74)59-22-28-17-29(19-30(18-28)49(58)73)23-60-51(75)36-10-8-16-64(36)53(77)34(21-42(69)70)62-40(66)25-79-38-14-12-32(44(55)46(38)57)48(72)27(4)6-2/h11-14,17-19,33-36H,3-10,15-16,20-25H2,1-2H3,(H2,58,73)(H,59,74)(H,60,75)(H,61,65)(H,62,66)(H,67,68)(H,69,70)/t33-,34-,35-,36-/m0/s1. The zero-order valence-corrected chi connectivity index (χ0v) is 45.9. The average molecular weight is 1170 g/mol. The molecule has 0 aromatic heterocycles. The van der Waals surface area contributed by atoms with Gasteiger partial charge in [-0.2, -0.15) is 0 Å². The number of ether oxygens (including phenoxy) is 2.